The van der Waals surface area contributed by atoms with Crippen molar-refractivity contribution in [2.75, 3.05) is 11.4 Å². The molecule has 4 rings (SSSR count). The number of amides is 2. The maximum Gasteiger partial charge on any atom is 0.237 e. The van der Waals surface area contributed by atoms with Gasteiger partial charge in [0.25, 0.3) is 0 Å². The van der Waals surface area contributed by atoms with Gasteiger partial charge in [0.2, 0.25) is 11.8 Å². The third-order valence-electron chi connectivity index (χ3n) is 5.24. The topological polar surface area (TPSA) is 49.4 Å². The number of carbonyl (C=O) groups excluding carboxylic acids is 2. The minimum atomic E-state index is -0.0834. The second-order valence-corrected chi connectivity index (χ2v) is 6.64. The third-order valence-corrected chi connectivity index (χ3v) is 5.24. The lowest BCUT2D eigenvalue weighted by Gasteiger charge is -2.25. The fourth-order valence-electron chi connectivity index (χ4n) is 4.22. The predicted octanol–water partition coefficient (Wildman–Crippen LogP) is 1.87. The van der Waals surface area contributed by atoms with E-state index < -0.39 is 0 Å². The lowest BCUT2D eigenvalue weighted by atomic mass is 9.98. The van der Waals surface area contributed by atoms with Gasteiger partial charge in [-0.1, -0.05) is 19.1 Å². The molecular weight excluding hydrogens is 264 g/mol. The van der Waals surface area contributed by atoms with E-state index >= 15 is 0 Å². The molecule has 21 heavy (non-hydrogen) atoms. The van der Waals surface area contributed by atoms with Crippen LogP contribution in [0.2, 0.25) is 0 Å². The fourth-order valence-corrected chi connectivity index (χ4v) is 4.22. The highest BCUT2D eigenvalue weighted by Gasteiger charge is 2.52. The van der Waals surface area contributed by atoms with Gasteiger partial charge in [0.15, 0.2) is 0 Å². The molecule has 1 aromatic rings. The number of anilines is 1. The summed E-state index contributed by atoms with van der Waals surface area (Å²) in [5.41, 5.74) is 3.20. The molecule has 2 aliphatic heterocycles. The average molecular weight is 284 g/mol. The molecule has 0 aromatic heterocycles. The number of carbonyl (C=O) groups is 2. The molecule has 0 spiro atoms. The van der Waals surface area contributed by atoms with Gasteiger partial charge in [-0.05, 0) is 48.9 Å². The number of fused-ring (bicyclic) bond motifs is 2. The van der Waals surface area contributed by atoms with Crippen molar-refractivity contribution in [3.63, 3.8) is 0 Å². The highest BCUT2D eigenvalue weighted by atomic mass is 16.2. The zero-order valence-corrected chi connectivity index (χ0v) is 12.3. The van der Waals surface area contributed by atoms with Crippen molar-refractivity contribution in [3.05, 3.63) is 29.3 Å². The van der Waals surface area contributed by atoms with Crippen LogP contribution in [0, 0.1) is 17.8 Å². The lowest BCUT2D eigenvalue weighted by Crippen LogP contribution is -2.35. The Morgan fingerprint density at radius 1 is 1.14 bits per heavy atom. The quantitative estimate of drug-likeness (QED) is 0.801. The first-order chi connectivity index (χ1) is 10.2. The van der Waals surface area contributed by atoms with Gasteiger partial charge in [-0.2, -0.15) is 0 Å². The molecule has 2 heterocycles. The molecule has 110 valence electrons. The largest absolute Gasteiger partial charge is 0.312 e. The maximum absolute atomic E-state index is 12.7. The van der Waals surface area contributed by atoms with Crippen LogP contribution in [0.4, 0.5) is 5.69 Å². The van der Waals surface area contributed by atoms with Gasteiger partial charge >= 0.3 is 0 Å². The van der Waals surface area contributed by atoms with E-state index in [1.54, 1.807) is 0 Å². The molecular formula is C17H20N2O2. The number of nitrogens with zero attached hydrogens (tertiary/aromatic N) is 1. The third kappa shape index (κ3) is 1.85. The highest BCUT2D eigenvalue weighted by molar-refractivity contribution is 6.22. The molecule has 0 radical (unpaired) electrons. The molecule has 2 fully saturated rings. The summed E-state index contributed by atoms with van der Waals surface area (Å²) in [6.45, 7) is 3.84. The van der Waals surface area contributed by atoms with E-state index in [1.165, 1.54) is 10.5 Å². The Morgan fingerprint density at radius 3 is 2.57 bits per heavy atom. The SMILES string of the molecule is CC1CC2C(=O)N(c3cccc4c3CNCC4)C(=O)C2C1. The van der Waals surface area contributed by atoms with Crippen LogP contribution in [0.3, 0.4) is 0 Å². The van der Waals surface area contributed by atoms with Crippen molar-refractivity contribution >= 4 is 17.5 Å². The van der Waals surface area contributed by atoms with Crippen molar-refractivity contribution in [3.8, 4) is 0 Å². The van der Waals surface area contributed by atoms with Crippen molar-refractivity contribution in [2.45, 2.75) is 32.7 Å². The van der Waals surface area contributed by atoms with Crippen molar-refractivity contribution in [1.82, 2.24) is 5.32 Å². The molecule has 1 N–H and O–H groups in total. The van der Waals surface area contributed by atoms with Gasteiger partial charge in [-0.15, -0.1) is 0 Å². The molecule has 1 saturated carbocycles. The summed E-state index contributed by atoms with van der Waals surface area (Å²) >= 11 is 0. The molecule has 2 atom stereocenters. The number of hydrogen-bond donors (Lipinski definition) is 1. The summed E-state index contributed by atoms with van der Waals surface area (Å²) in [5, 5.41) is 3.34. The van der Waals surface area contributed by atoms with Crippen LogP contribution in [-0.2, 0) is 22.6 Å². The molecule has 0 bridgehead atoms. The van der Waals surface area contributed by atoms with Crippen molar-refractivity contribution < 1.29 is 9.59 Å². The van der Waals surface area contributed by atoms with Gasteiger partial charge in [-0.25, -0.2) is 4.90 Å². The Labute approximate surface area is 124 Å². The first-order valence-corrected chi connectivity index (χ1v) is 7.86. The summed E-state index contributed by atoms with van der Waals surface area (Å²) in [4.78, 5) is 26.9. The minimum Gasteiger partial charge on any atom is -0.312 e. The van der Waals surface area contributed by atoms with Crippen LogP contribution in [0.5, 0.6) is 0 Å². The Bertz CT molecular complexity index is 601. The summed E-state index contributed by atoms with van der Waals surface area (Å²) in [6.07, 6.45) is 2.68. The molecule has 2 unspecified atom stereocenters. The van der Waals surface area contributed by atoms with E-state index in [9.17, 15) is 9.59 Å². The summed E-state index contributed by atoms with van der Waals surface area (Å²) in [6, 6.07) is 6.00. The van der Waals surface area contributed by atoms with Crippen LogP contribution in [-0.4, -0.2) is 18.4 Å². The highest BCUT2D eigenvalue weighted by Crippen LogP contribution is 2.45. The normalized spacial score (nSPS) is 31.5. The van der Waals surface area contributed by atoms with E-state index in [-0.39, 0.29) is 23.7 Å². The van der Waals surface area contributed by atoms with E-state index in [0.717, 1.165) is 43.6 Å². The number of imide groups is 1. The monoisotopic (exact) mass is 284 g/mol. The molecule has 4 nitrogen and oxygen atoms in total. The summed E-state index contributed by atoms with van der Waals surface area (Å²) in [5.74, 6) is 0.364. The standard InChI is InChI=1S/C17H20N2O2/c1-10-7-12-13(8-10)17(21)19(16(12)20)15-4-2-3-11-5-6-18-9-14(11)15/h2-4,10,12-13,18H,5-9H2,1H3. The number of benzene rings is 1. The van der Waals surface area contributed by atoms with Crippen molar-refractivity contribution in [1.29, 1.82) is 0 Å². The van der Waals surface area contributed by atoms with Crippen LogP contribution in [0.25, 0.3) is 0 Å². The second-order valence-electron chi connectivity index (χ2n) is 6.64. The van der Waals surface area contributed by atoms with Crippen molar-refractivity contribution in [2.24, 2.45) is 17.8 Å². The van der Waals surface area contributed by atoms with Gasteiger partial charge in [0, 0.05) is 6.54 Å². The van der Waals surface area contributed by atoms with Crippen LogP contribution >= 0.6 is 0 Å². The van der Waals surface area contributed by atoms with Crippen LogP contribution in [0.1, 0.15) is 30.9 Å². The molecule has 1 aliphatic carbocycles. The van der Waals surface area contributed by atoms with Gasteiger partial charge in [-0.3, -0.25) is 9.59 Å². The summed E-state index contributed by atoms with van der Waals surface area (Å²) < 4.78 is 0. The molecule has 4 heteroatoms. The average Bonchev–Trinajstić information content (AvgIpc) is 2.98. The minimum absolute atomic E-state index is 0.0216. The zero-order valence-electron chi connectivity index (χ0n) is 12.3. The molecule has 3 aliphatic rings. The predicted molar refractivity (Wildman–Crippen MR) is 79.7 cm³/mol. The molecule has 1 saturated heterocycles. The molecule has 1 aromatic carbocycles. The number of rotatable bonds is 1. The zero-order chi connectivity index (χ0) is 14.6. The Hall–Kier alpha value is -1.68. The Kier molecular flexibility index (Phi) is 2.89. The van der Waals surface area contributed by atoms with Crippen LogP contribution in [0.15, 0.2) is 18.2 Å². The van der Waals surface area contributed by atoms with E-state index in [4.69, 9.17) is 0 Å². The van der Waals surface area contributed by atoms with E-state index in [1.807, 2.05) is 12.1 Å². The number of nitrogens with one attached hydrogen (secondary N) is 1. The second kappa shape index (κ2) is 4.67. The molecule has 2 amide bonds. The Balaban J connectivity index is 1.75. The van der Waals surface area contributed by atoms with Gasteiger partial charge < -0.3 is 5.32 Å². The number of hydrogen-bond acceptors (Lipinski definition) is 3. The van der Waals surface area contributed by atoms with E-state index in [0.29, 0.717) is 5.92 Å². The Morgan fingerprint density at radius 2 is 1.86 bits per heavy atom. The van der Waals surface area contributed by atoms with Gasteiger partial charge in [0.1, 0.15) is 0 Å². The lowest BCUT2D eigenvalue weighted by molar-refractivity contribution is -0.123. The first-order valence-electron chi connectivity index (χ1n) is 7.86. The van der Waals surface area contributed by atoms with Crippen LogP contribution < -0.4 is 10.2 Å². The fraction of sp³-hybridized carbons (Fsp3) is 0.529. The van der Waals surface area contributed by atoms with Gasteiger partial charge in [0.05, 0.1) is 17.5 Å². The van der Waals surface area contributed by atoms with E-state index in [2.05, 4.69) is 18.3 Å². The summed E-state index contributed by atoms with van der Waals surface area (Å²) in [7, 11) is 0. The maximum atomic E-state index is 12.7. The smallest absolute Gasteiger partial charge is 0.237 e. The first kappa shape index (κ1) is 13.0.